The lowest BCUT2D eigenvalue weighted by Crippen LogP contribution is -2.44. The molecule has 0 fully saturated rings. The first-order valence-electron chi connectivity index (χ1n) is 10.8. The predicted octanol–water partition coefficient (Wildman–Crippen LogP) is 3.78. The van der Waals surface area contributed by atoms with Crippen molar-refractivity contribution in [2.45, 2.75) is 45.4 Å². The zero-order valence-electron chi connectivity index (χ0n) is 18.2. The standard InChI is InChI=1S/C23H22Cl2N6O2/c1-13-7-20-17(11-30(13)22(32)15-3-4-18(24)19(25)8-15)21-23(33)29(5-6-31(21)28-20)14(2)16-9-26-12-27-10-16/h3-4,8-10,12-14H,5-7,11H2,1-2H3/t13-,14?/m1/s1. The van der Waals surface area contributed by atoms with Gasteiger partial charge in [0.15, 0.2) is 0 Å². The van der Waals surface area contributed by atoms with Gasteiger partial charge in [-0.15, -0.1) is 0 Å². The maximum atomic E-state index is 13.6. The van der Waals surface area contributed by atoms with Crippen molar-refractivity contribution in [1.29, 1.82) is 0 Å². The van der Waals surface area contributed by atoms with E-state index in [9.17, 15) is 9.59 Å². The number of hydrogen-bond donors (Lipinski definition) is 0. The fourth-order valence-electron chi connectivity index (χ4n) is 4.58. The quantitative estimate of drug-likeness (QED) is 0.564. The summed E-state index contributed by atoms with van der Waals surface area (Å²) in [4.78, 5) is 38.6. The highest BCUT2D eigenvalue weighted by atomic mass is 35.5. The molecule has 1 unspecified atom stereocenters. The molecule has 2 atom stereocenters. The van der Waals surface area contributed by atoms with Crippen LogP contribution in [0.25, 0.3) is 0 Å². The maximum Gasteiger partial charge on any atom is 0.273 e. The maximum absolute atomic E-state index is 13.6. The van der Waals surface area contributed by atoms with Gasteiger partial charge in [-0.2, -0.15) is 5.10 Å². The molecule has 4 heterocycles. The number of rotatable bonds is 3. The number of carbonyl (C=O) groups excluding carboxylic acids is 2. The van der Waals surface area contributed by atoms with E-state index in [1.807, 2.05) is 18.7 Å². The minimum atomic E-state index is -0.172. The number of aromatic nitrogens is 4. The molecule has 0 saturated heterocycles. The Morgan fingerprint density at radius 3 is 2.64 bits per heavy atom. The Hall–Kier alpha value is -2.97. The Balaban J connectivity index is 1.45. The number of halogens is 2. The van der Waals surface area contributed by atoms with E-state index < -0.39 is 0 Å². The number of fused-ring (bicyclic) bond motifs is 3. The van der Waals surface area contributed by atoms with E-state index in [-0.39, 0.29) is 23.9 Å². The van der Waals surface area contributed by atoms with Crippen molar-refractivity contribution in [3.05, 3.63) is 75.0 Å². The van der Waals surface area contributed by atoms with Gasteiger partial charge in [-0.25, -0.2) is 9.97 Å². The van der Waals surface area contributed by atoms with Crippen molar-refractivity contribution in [3.8, 4) is 0 Å². The topological polar surface area (TPSA) is 84.2 Å². The van der Waals surface area contributed by atoms with E-state index in [4.69, 9.17) is 28.3 Å². The molecule has 1 aromatic carbocycles. The molecule has 3 aromatic rings. The molecule has 0 N–H and O–H groups in total. The fourth-order valence-corrected chi connectivity index (χ4v) is 4.88. The van der Waals surface area contributed by atoms with Gasteiger partial charge >= 0.3 is 0 Å². The van der Waals surface area contributed by atoms with E-state index in [0.717, 1.165) is 16.8 Å². The Bertz CT molecular complexity index is 1250. The van der Waals surface area contributed by atoms with Gasteiger partial charge < -0.3 is 9.80 Å². The molecular formula is C23H22Cl2N6O2. The van der Waals surface area contributed by atoms with E-state index in [1.54, 1.807) is 40.2 Å². The largest absolute Gasteiger partial charge is 0.331 e. The fraction of sp³-hybridized carbons (Fsp3) is 0.348. The van der Waals surface area contributed by atoms with E-state index in [0.29, 0.717) is 47.4 Å². The van der Waals surface area contributed by atoms with Gasteiger partial charge in [0.05, 0.1) is 34.9 Å². The zero-order chi connectivity index (χ0) is 23.3. The molecule has 0 aliphatic carbocycles. The molecule has 0 saturated carbocycles. The summed E-state index contributed by atoms with van der Waals surface area (Å²) < 4.78 is 1.79. The van der Waals surface area contributed by atoms with Crippen LogP contribution in [0.1, 0.15) is 57.6 Å². The van der Waals surface area contributed by atoms with Crippen LogP contribution in [0.3, 0.4) is 0 Å². The van der Waals surface area contributed by atoms with Gasteiger partial charge in [0.2, 0.25) is 0 Å². The number of nitrogens with zero attached hydrogens (tertiary/aromatic N) is 6. The molecule has 2 aliphatic heterocycles. The Morgan fingerprint density at radius 2 is 1.91 bits per heavy atom. The van der Waals surface area contributed by atoms with Crippen LogP contribution in [0.2, 0.25) is 10.0 Å². The van der Waals surface area contributed by atoms with Gasteiger partial charge in [-0.3, -0.25) is 14.3 Å². The van der Waals surface area contributed by atoms with Crippen molar-refractivity contribution < 1.29 is 9.59 Å². The lowest BCUT2D eigenvalue weighted by Gasteiger charge is -2.35. The number of carbonyl (C=O) groups is 2. The second-order valence-electron chi connectivity index (χ2n) is 8.46. The molecule has 5 rings (SSSR count). The van der Waals surface area contributed by atoms with Gasteiger partial charge in [0.25, 0.3) is 11.8 Å². The van der Waals surface area contributed by atoms with Crippen LogP contribution in [0.4, 0.5) is 0 Å². The molecule has 2 aromatic heterocycles. The third-order valence-corrected chi connectivity index (χ3v) is 7.20. The van der Waals surface area contributed by atoms with Crippen LogP contribution in [0.5, 0.6) is 0 Å². The molecule has 33 heavy (non-hydrogen) atoms. The molecule has 2 amide bonds. The minimum absolute atomic E-state index is 0.0667. The Kier molecular flexibility index (Phi) is 5.58. The summed E-state index contributed by atoms with van der Waals surface area (Å²) in [7, 11) is 0. The molecule has 10 heteroatoms. The molecule has 0 radical (unpaired) electrons. The normalized spacial score (nSPS) is 18.7. The Labute approximate surface area is 201 Å². The first-order chi connectivity index (χ1) is 15.8. The Morgan fingerprint density at radius 1 is 1.15 bits per heavy atom. The van der Waals surface area contributed by atoms with Crippen molar-refractivity contribution >= 4 is 35.0 Å². The van der Waals surface area contributed by atoms with Crippen LogP contribution >= 0.6 is 23.2 Å². The second-order valence-corrected chi connectivity index (χ2v) is 9.27. The van der Waals surface area contributed by atoms with Crippen LogP contribution in [-0.2, 0) is 19.5 Å². The number of amides is 2. The second kappa shape index (κ2) is 8.43. The third-order valence-electron chi connectivity index (χ3n) is 6.46. The average Bonchev–Trinajstić information content (AvgIpc) is 3.18. The third kappa shape index (κ3) is 3.77. The summed E-state index contributed by atoms with van der Waals surface area (Å²) in [5.41, 5.74) is 3.58. The molecule has 0 bridgehead atoms. The van der Waals surface area contributed by atoms with Gasteiger partial charge in [0, 0.05) is 48.1 Å². The van der Waals surface area contributed by atoms with Crippen molar-refractivity contribution in [2.75, 3.05) is 6.54 Å². The van der Waals surface area contributed by atoms with Crippen LogP contribution in [0.15, 0.2) is 36.9 Å². The molecule has 0 spiro atoms. The molecular weight excluding hydrogens is 463 g/mol. The van der Waals surface area contributed by atoms with Crippen molar-refractivity contribution in [1.82, 2.24) is 29.5 Å². The minimum Gasteiger partial charge on any atom is -0.331 e. The zero-order valence-corrected chi connectivity index (χ0v) is 19.7. The van der Waals surface area contributed by atoms with Crippen LogP contribution < -0.4 is 0 Å². The van der Waals surface area contributed by atoms with Gasteiger partial charge in [-0.05, 0) is 32.0 Å². The smallest absolute Gasteiger partial charge is 0.273 e. The monoisotopic (exact) mass is 484 g/mol. The molecule has 170 valence electrons. The summed E-state index contributed by atoms with van der Waals surface area (Å²) in [6, 6.07) is 4.63. The van der Waals surface area contributed by atoms with E-state index in [2.05, 4.69) is 9.97 Å². The highest BCUT2D eigenvalue weighted by Crippen LogP contribution is 2.32. The first-order valence-corrected chi connectivity index (χ1v) is 11.5. The molecule has 2 aliphatic rings. The summed E-state index contributed by atoms with van der Waals surface area (Å²) in [5, 5.41) is 5.45. The summed E-state index contributed by atoms with van der Waals surface area (Å²) in [5.74, 6) is -0.246. The number of hydrogen-bond acceptors (Lipinski definition) is 5. The van der Waals surface area contributed by atoms with E-state index in [1.165, 1.54) is 6.33 Å². The van der Waals surface area contributed by atoms with Crippen LogP contribution in [0, 0.1) is 0 Å². The van der Waals surface area contributed by atoms with E-state index >= 15 is 0 Å². The van der Waals surface area contributed by atoms with Crippen molar-refractivity contribution in [2.24, 2.45) is 0 Å². The summed E-state index contributed by atoms with van der Waals surface area (Å²) in [6.45, 7) is 5.41. The lowest BCUT2D eigenvalue weighted by atomic mass is 9.97. The SMILES string of the molecule is CC(c1cncnc1)N1CCn2nc3c(c2C1=O)CN(C(=O)c1ccc(Cl)c(Cl)c1)[C@H](C)C3. The first kappa shape index (κ1) is 21.9. The van der Waals surface area contributed by atoms with Gasteiger partial charge in [-0.1, -0.05) is 23.2 Å². The lowest BCUT2D eigenvalue weighted by molar-refractivity contribution is 0.0604. The summed E-state index contributed by atoms with van der Waals surface area (Å²) in [6.07, 6.45) is 5.51. The highest BCUT2D eigenvalue weighted by molar-refractivity contribution is 6.42. The van der Waals surface area contributed by atoms with Crippen LogP contribution in [-0.4, -0.2) is 53.9 Å². The van der Waals surface area contributed by atoms with Gasteiger partial charge in [0.1, 0.15) is 12.0 Å². The average molecular weight is 485 g/mol. The molecule has 8 nitrogen and oxygen atoms in total. The highest BCUT2D eigenvalue weighted by Gasteiger charge is 2.38. The van der Waals surface area contributed by atoms with Crippen molar-refractivity contribution in [3.63, 3.8) is 0 Å². The predicted molar refractivity (Wildman–Crippen MR) is 123 cm³/mol. The number of benzene rings is 1. The summed E-state index contributed by atoms with van der Waals surface area (Å²) >= 11 is 12.1.